The first kappa shape index (κ1) is 11.5. The van der Waals surface area contributed by atoms with Gasteiger partial charge in [-0.25, -0.2) is 5.48 Å². The van der Waals surface area contributed by atoms with Gasteiger partial charge in [0.1, 0.15) is 0 Å². The van der Waals surface area contributed by atoms with Gasteiger partial charge in [0.15, 0.2) is 0 Å². The number of rotatable bonds is 3. The molecule has 1 aromatic carbocycles. The molecule has 1 N–H and O–H groups in total. The lowest BCUT2D eigenvalue weighted by Crippen LogP contribution is -2.36. The van der Waals surface area contributed by atoms with E-state index in [4.69, 9.17) is 0 Å². The van der Waals surface area contributed by atoms with E-state index in [9.17, 15) is 18.0 Å². The molecule has 0 heterocycles. The average molecular weight is 219 g/mol. The summed E-state index contributed by atoms with van der Waals surface area (Å²) in [6, 6.07) is 8.52. The summed E-state index contributed by atoms with van der Waals surface area (Å²) in [4.78, 5) is 14.7. The third-order valence-corrected chi connectivity index (χ3v) is 1.50. The van der Waals surface area contributed by atoms with Gasteiger partial charge in [0, 0.05) is 0 Å². The van der Waals surface area contributed by atoms with Crippen LogP contribution < -0.4 is 5.48 Å². The Labute approximate surface area is 83.8 Å². The number of hydrogen-bond acceptors (Lipinski definition) is 2. The highest BCUT2D eigenvalue weighted by Crippen LogP contribution is 2.14. The summed E-state index contributed by atoms with van der Waals surface area (Å²) in [5.74, 6) is -2.11. The van der Waals surface area contributed by atoms with Crippen LogP contribution in [0.25, 0.3) is 0 Å². The first-order valence-corrected chi connectivity index (χ1v) is 4.03. The van der Waals surface area contributed by atoms with Crippen LogP contribution in [0.15, 0.2) is 30.3 Å². The summed E-state index contributed by atoms with van der Waals surface area (Å²) >= 11 is 0. The van der Waals surface area contributed by atoms with Crippen molar-refractivity contribution in [1.29, 1.82) is 0 Å². The van der Waals surface area contributed by atoms with E-state index in [1.165, 1.54) is 5.48 Å². The molecule has 0 fully saturated rings. The van der Waals surface area contributed by atoms with Crippen LogP contribution in [-0.2, 0) is 16.2 Å². The maximum atomic E-state index is 11.7. The van der Waals surface area contributed by atoms with Gasteiger partial charge in [0.05, 0.1) is 6.61 Å². The molecule has 0 aliphatic heterocycles. The molecular formula is C9H8F3NO2. The lowest BCUT2D eigenvalue weighted by molar-refractivity contribution is -0.186. The third kappa shape index (κ3) is 3.99. The Hall–Kier alpha value is -1.56. The zero-order valence-corrected chi connectivity index (χ0v) is 7.54. The molecule has 0 aliphatic carbocycles. The first-order valence-electron chi connectivity index (χ1n) is 4.03. The summed E-state index contributed by atoms with van der Waals surface area (Å²) in [6.07, 6.45) is -4.92. The second-order valence-corrected chi connectivity index (χ2v) is 2.70. The molecule has 0 aromatic heterocycles. The van der Waals surface area contributed by atoms with Crippen molar-refractivity contribution in [3.63, 3.8) is 0 Å². The van der Waals surface area contributed by atoms with E-state index in [-0.39, 0.29) is 6.61 Å². The Kier molecular flexibility index (Phi) is 3.68. The van der Waals surface area contributed by atoms with Crippen molar-refractivity contribution in [2.45, 2.75) is 12.8 Å². The van der Waals surface area contributed by atoms with Gasteiger partial charge in [0.25, 0.3) is 0 Å². The molecule has 0 bridgehead atoms. The van der Waals surface area contributed by atoms with Crippen LogP contribution in [0.2, 0.25) is 0 Å². The smallest absolute Gasteiger partial charge is 0.269 e. The zero-order chi connectivity index (χ0) is 11.3. The number of benzene rings is 1. The topological polar surface area (TPSA) is 38.3 Å². The van der Waals surface area contributed by atoms with Crippen molar-refractivity contribution in [2.75, 3.05) is 0 Å². The summed E-state index contributed by atoms with van der Waals surface area (Å²) < 4.78 is 35.0. The molecule has 1 amide bonds. The fraction of sp³-hybridized carbons (Fsp3) is 0.222. The highest BCUT2D eigenvalue weighted by molar-refractivity contribution is 5.80. The van der Waals surface area contributed by atoms with E-state index in [0.29, 0.717) is 5.56 Å². The molecule has 0 unspecified atom stereocenters. The van der Waals surface area contributed by atoms with Crippen molar-refractivity contribution in [2.24, 2.45) is 0 Å². The van der Waals surface area contributed by atoms with Crippen LogP contribution in [0.3, 0.4) is 0 Å². The Morgan fingerprint density at radius 2 is 1.87 bits per heavy atom. The van der Waals surface area contributed by atoms with Gasteiger partial charge < -0.3 is 0 Å². The van der Waals surface area contributed by atoms with E-state index in [2.05, 4.69) is 4.84 Å². The van der Waals surface area contributed by atoms with Crippen LogP contribution in [0.1, 0.15) is 5.56 Å². The minimum Gasteiger partial charge on any atom is -0.269 e. The molecule has 1 aromatic rings. The van der Waals surface area contributed by atoms with Gasteiger partial charge >= 0.3 is 12.1 Å². The van der Waals surface area contributed by atoms with Gasteiger partial charge in [-0.1, -0.05) is 30.3 Å². The van der Waals surface area contributed by atoms with Crippen LogP contribution in [-0.4, -0.2) is 12.1 Å². The van der Waals surface area contributed by atoms with E-state index >= 15 is 0 Å². The summed E-state index contributed by atoms with van der Waals surface area (Å²) in [6.45, 7) is -0.108. The number of alkyl halides is 3. The minimum atomic E-state index is -4.92. The van der Waals surface area contributed by atoms with Crippen LogP contribution in [0, 0.1) is 0 Å². The molecule has 15 heavy (non-hydrogen) atoms. The van der Waals surface area contributed by atoms with Crippen LogP contribution in [0.4, 0.5) is 13.2 Å². The predicted molar refractivity (Wildman–Crippen MR) is 45.4 cm³/mol. The number of hydroxylamine groups is 1. The maximum absolute atomic E-state index is 11.7. The fourth-order valence-corrected chi connectivity index (χ4v) is 0.817. The number of amides is 1. The van der Waals surface area contributed by atoms with Crippen molar-refractivity contribution >= 4 is 5.91 Å². The molecule has 6 heteroatoms. The highest BCUT2D eigenvalue weighted by atomic mass is 19.4. The molecule has 3 nitrogen and oxygen atoms in total. The van der Waals surface area contributed by atoms with E-state index in [0.717, 1.165) is 0 Å². The van der Waals surface area contributed by atoms with Gasteiger partial charge in [0.2, 0.25) is 0 Å². The third-order valence-electron chi connectivity index (χ3n) is 1.50. The number of carbonyl (C=O) groups is 1. The summed E-state index contributed by atoms with van der Waals surface area (Å²) in [7, 11) is 0. The van der Waals surface area contributed by atoms with Crippen LogP contribution >= 0.6 is 0 Å². The fourth-order valence-electron chi connectivity index (χ4n) is 0.817. The Balaban J connectivity index is 2.32. The molecule has 0 aliphatic rings. The van der Waals surface area contributed by atoms with Gasteiger partial charge in [-0.15, -0.1) is 0 Å². The van der Waals surface area contributed by atoms with E-state index < -0.39 is 12.1 Å². The standard InChI is InChI=1S/C9H8F3NO2/c10-9(11,12)8(14)13-15-6-7-4-2-1-3-5-7/h1-5H,6H2,(H,13,14). The molecule has 1 rings (SSSR count). The number of carbonyl (C=O) groups excluding carboxylic acids is 1. The molecule has 0 atom stereocenters. The molecule has 0 radical (unpaired) electrons. The second kappa shape index (κ2) is 4.79. The number of nitrogens with one attached hydrogen (secondary N) is 1. The number of hydrogen-bond donors (Lipinski definition) is 1. The first-order chi connectivity index (χ1) is 7.00. The van der Waals surface area contributed by atoms with E-state index in [1.54, 1.807) is 30.3 Å². The lowest BCUT2D eigenvalue weighted by atomic mass is 10.2. The van der Waals surface area contributed by atoms with Gasteiger partial charge in [-0.2, -0.15) is 13.2 Å². The Bertz CT molecular complexity index is 324. The van der Waals surface area contributed by atoms with Crippen LogP contribution in [0.5, 0.6) is 0 Å². The van der Waals surface area contributed by atoms with Gasteiger partial charge in [-0.05, 0) is 5.56 Å². The largest absolute Gasteiger partial charge is 0.473 e. The minimum absolute atomic E-state index is 0.108. The SMILES string of the molecule is O=C(NOCc1ccccc1)C(F)(F)F. The molecule has 0 saturated heterocycles. The highest BCUT2D eigenvalue weighted by Gasteiger charge is 2.38. The molecule has 0 saturated carbocycles. The normalized spacial score (nSPS) is 11.1. The maximum Gasteiger partial charge on any atom is 0.473 e. The average Bonchev–Trinajstić information content (AvgIpc) is 2.18. The Morgan fingerprint density at radius 3 is 2.40 bits per heavy atom. The monoisotopic (exact) mass is 219 g/mol. The van der Waals surface area contributed by atoms with Crippen molar-refractivity contribution in [3.05, 3.63) is 35.9 Å². The quantitative estimate of drug-likeness (QED) is 0.787. The van der Waals surface area contributed by atoms with Gasteiger partial charge in [-0.3, -0.25) is 9.63 Å². The van der Waals surface area contributed by atoms with E-state index in [1.807, 2.05) is 0 Å². The lowest BCUT2D eigenvalue weighted by Gasteiger charge is -2.07. The van der Waals surface area contributed by atoms with Crippen molar-refractivity contribution < 1.29 is 22.8 Å². The van der Waals surface area contributed by atoms with Crippen molar-refractivity contribution in [1.82, 2.24) is 5.48 Å². The summed E-state index contributed by atoms with van der Waals surface area (Å²) in [5.41, 5.74) is 1.97. The molecule has 0 spiro atoms. The second-order valence-electron chi connectivity index (χ2n) is 2.70. The predicted octanol–water partition coefficient (Wildman–Crippen LogP) is 1.80. The molecule has 82 valence electrons. The van der Waals surface area contributed by atoms with Crippen molar-refractivity contribution in [3.8, 4) is 0 Å². The summed E-state index contributed by atoms with van der Waals surface area (Å²) in [5, 5.41) is 0. The zero-order valence-electron chi connectivity index (χ0n) is 7.54. The number of halogens is 3. The Morgan fingerprint density at radius 1 is 1.27 bits per heavy atom. The molecular weight excluding hydrogens is 211 g/mol.